The number of nitrogens with zero attached hydrogens (tertiary/aromatic N) is 1. The fraction of sp³-hybridized carbons (Fsp3) is 0.278. The number of benzene rings is 2. The van der Waals surface area contributed by atoms with Crippen LogP contribution in [0.25, 0.3) is 0 Å². The first kappa shape index (κ1) is 14.7. The van der Waals surface area contributed by atoms with Crippen molar-refractivity contribution in [2.75, 3.05) is 4.90 Å². The maximum absolute atomic E-state index is 13.0. The van der Waals surface area contributed by atoms with Crippen molar-refractivity contribution >= 4 is 11.6 Å². The summed E-state index contributed by atoms with van der Waals surface area (Å²) >= 11 is 0. The summed E-state index contributed by atoms with van der Waals surface area (Å²) in [6.45, 7) is 3.87. The Morgan fingerprint density at radius 1 is 1.23 bits per heavy atom. The monoisotopic (exact) mass is 299 g/mol. The molecule has 0 aromatic heterocycles. The Hall–Kier alpha value is -2.20. The molecule has 114 valence electrons. The van der Waals surface area contributed by atoms with Crippen LogP contribution in [-0.4, -0.2) is 17.1 Å². The van der Waals surface area contributed by atoms with Crippen LogP contribution >= 0.6 is 0 Å². The highest BCUT2D eigenvalue weighted by molar-refractivity contribution is 6.07. The molecule has 1 amide bonds. The van der Waals surface area contributed by atoms with E-state index in [9.17, 15) is 14.3 Å². The summed E-state index contributed by atoms with van der Waals surface area (Å²) in [5.74, 6) is -0.542. The number of fused-ring (bicyclic) bond motifs is 1. The highest BCUT2D eigenvalue weighted by atomic mass is 19.1. The number of aryl methyl sites for hydroxylation is 1. The van der Waals surface area contributed by atoms with Crippen LogP contribution in [0.4, 0.5) is 10.1 Å². The van der Waals surface area contributed by atoms with Gasteiger partial charge < -0.3 is 10.0 Å². The first-order valence-corrected chi connectivity index (χ1v) is 7.35. The summed E-state index contributed by atoms with van der Waals surface area (Å²) < 4.78 is 13.0. The Kier molecular flexibility index (Phi) is 3.71. The first-order chi connectivity index (χ1) is 10.5. The van der Waals surface area contributed by atoms with Gasteiger partial charge in [-0.1, -0.05) is 17.7 Å². The van der Waals surface area contributed by atoms with Crippen LogP contribution in [0.2, 0.25) is 0 Å². The molecule has 0 spiro atoms. The normalized spacial score (nSPS) is 20.6. The molecule has 0 radical (unpaired) electrons. The summed E-state index contributed by atoms with van der Waals surface area (Å²) in [6.07, 6.45) is -0.0780. The van der Waals surface area contributed by atoms with Gasteiger partial charge in [0.1, 0.15) is 5.82 Å². The third-order valence-electron chi connectivity index (χ3n) is 4.12. The van der Waals surface area contributed by atoms with Crippen LogP contribution in [0.5, 0.6) is 0 Å². The standard InChI is InChI=1S/C18H18FNO2/c1-11-3-8-16-15(9-11)17(21)10-12(2)20(16)18(22)13-4-6-14(19)7-5-13/h3-9,12,17,21H,10H2,1-2H3. The lowest BCUT2D eigenvalue weighted by Crippen LogP contribution is -2.43. The van der Waals surface area contributed by atoms with Crippen molar-refractivity contribution in [2.45, 2.75) is 32.4 Å². The highest BCUT2D eigenvalue weighted by Gasteiger charge is 2.33. The van der Waals surface area contributed by atoms with Crippen LogP contribution in [0.1, 0.15) is 40.9 Å². The molecule has 2 aromatic carbocycles. The Labute approximate surface area is 129 Å². The first-order valence-electron chi connectivity index (χ1n) is 7.35. The molecule has 3 nitrogen and oxygen atoms in total. The smallest absolute Gasteiger partial charge is 0.258 e. The maximum Gasteiger partial charge on any atom is 0.258 e. The van der Waals surface area contributed by atoms with Crippen molar-refractivity contribution in [1.82, 2.24) is 0 Å². The molecule has 22 heavy (non-hydrogen) atoms. The minimum atomic E-state index is -0.567. The number of carbonyl (C=O) groups is 1. The zero-order valence-electron chi connectivity index (χ0n) is 12.6. The van der Waals surface area contributed by atoms with Gasteiger partial charge in [-0.2, -0.15) is 0 Å². The minimum absolute atomic E-state index is 0.122. The van der Waals surface area contributed by atoms with Crippen LogP contribution in [0.3, 0.4) is 0 Å². The summed E-state index contributed by atoms with van der Waals surface area (Å²) in [5, 5.41) is 10.3. The van der Waals surface area contributed by atoms with Gasteiger partial charge >= 0.3 is 0 Å². The van der Waals surface area contributed by atoms with E-state index in [2.05, 4.69) is 0 Å². The number of hydrogen-bond acceptors (Lipinski definition) is 2. The lowest BCUT2D eigenvalue weighted by molar-refractivity contribution is 0.0949. The molecule has 2 aromatic rings. The number of rotatable bonds is 1. The molecule has 3 rings (SSSR count). The molecule has 0 saturated carbocycles. The third-order valence-corrected chi connectivity index (χ3v) is 4.12. The number of amides is 1. The Balaban J connectivity index is 2.04. The lowest BCUT2D eigenvalue weighted by atomic mass is 9.92. The minimum Gasteiger partial charge on any atom is -0.388 e. The SMILES string of the molecule is Cc1ccc2c(c1)C(O)CC(C)N2C(=O)c1ccc(F)cc1. The van der Waals surface area contributed by atoms with E-state index >= 15 is 0 Å². The Morgan fingerprint density at radius 3 is 2.59 bits per heavy atom. The van der Waals surface area contributed by atoms with Crippen molar-refractivity contribution in [3.63, 3.8) is 0 Å². The number of carbonyl (C=O) groups excluding carboxylic acids is 1. The van der Waals surface area contributed by atoms with E-state index in [4.69, 9.17) is 0 Å². The molecule has 1 heterocycles. The number of hydrogen-bond donors (Lipinski definition) is 1. The molecule has 0 fully saturated rings. The molecule has 0 aliphatic carbocycles. The lowest BCUT2D eigenvalue weighted by Gasteiger charge is -2.38. The van der Waals surface area contributed by atoms with E-state index in [0.29, 0.717) is 12.0 Å². The molecule has 1 aliphatic rings. The van der Waals surface area contributed by atoms with Crippen LogP contribution in [0.15, 0.2) is 42.5 Å². The van der Waals surface area contributed by atoms with E-state index in [0.717, 1.165) is 16.8 Å². The van der Waals surface area contributed by atoms with E-state index in [1.807, 2.05) is 32.0 Å². The fourth-order valence-corrected chi connectivity index (χ4v) is 2.99. The van der Waals surface area contributed by atoms with Crippen molar-refractivity contribution in [3.8, 4) is 0 Å². The molecule has 4 heteroatoms. The van der Waals surface area contributed by atoms with Crippen molar-refractivity contribution in [1.29, 1.82) is 0 Å². The van der Waals surface area contributed by atoms with E-state index in [1.54, 1.807) is 4.90 Å². The molecule has 2 unspecified atom stereocenters. The van der Waals surface area contributed by atoms with Gasteiger partial charge in [0, 0.05) is 17.2 Å². The van der Waals surface area contributed by atoms with Gasteiger partial charge in [0.2, 0.25) is 0 Å². The zero-order chi connectivity index (χ0) is 15.9. The van der Waals surface area contributed by atoms with Crippen LogP contribution in [0, 0.1) is 12.7 Å². The average Bonchev–Trinajstić information content (AvgIpc) is 2.48. The maximum atomic E-state index is 13.0. The summed E-state index contributed by atoms with van der Waals surface area (Å²) in [4.78, 5) is 14.5. The van der Waals surface area contributed by atoms with E-state index < -0.39 is 6.10 Å². The molecule has 0 saturated heterocycles. The number of aliphatic hydroxyl groups is 1. The van der Waals surface area contributed by atoms with Gasteiger partial charge in [-0.3, -0.25) is 4.79 Å². The van der Waals surface area contributed by atoms with Crippen LogP contribution in [-0.2, 0) is 0 Å². The highest BCUT2D eigenvalue weighted by Crippen LogP contribution is 2.38. The third kappa shape index (κ3) is 2.50. The van der Waals surface area contributed by atoms with Gasteiger partial charge in [0.15, 0.2) is 0 Å². The van der Waals surface area contributed by atoms with Crippen molar-refractivity contribution in [2.24, 2.45) is 0 Å². The number of halogens is 1. The van der Waals surface area contributed by atoms with E-state index in [1.165, 1.54) is 24.3 Å². The predicted molar refractivity (Wildman–Crippen MR) is 83.4 cm³/mol. The Morgan fingerprint density at radius 2 is 1.91 bits per heavy atom. The largest absolute Gasteiger partial charge is 0.388 e. The fourth-order valence-electron chi connectivity index (χ4n) is 2.99. The molecular weight excluding hydrogens is 281 g/mol. The van der Waals surface area contributed by atoms with E-state index in [-0.39, 0.29) is 17.8 Å². The van der Waals surface area contributed by atoms with Gasteiger partial charge in [0.25, 0.3) is 5.91 Å². The second kappa shape index (κ2) is 5.54. The zero-order valence-corrected chi connectivity index (χ0v) is 12.6. The molecule has 1 N–H and O–H groups in total. The van der Waals surface area contributed by atoms with Crippen molar-refractivity contribution < 1.29 is 14.3 Å². The number of anilines is 1. The molecule has 1 aliphatic heterocycles. The second-order valence-corrected chi connectivity index (χ2v) is 5.84. The predicted octanol–water partition coefficient (Wildman–Crippen LogP) is 3.61. The number of aliphatic hydroxyl groups excluding tert-OH is 1. The Bertz CT molecular complexity index is 712. The summed E-state index contributed by atoms with van der Waals surface area (Å²) in [7, 11) is 0. The van der Waals surface area contributed by atoms with Gasteiger partial charge in [-0.25, -0.2) is 4.39 Å². The quantitative estimate of drug-likeness (QED) is 0.874. The molecule has 2 atom stereocenters. The average molecular weight is 299 g/mol. The topological polar surface area (TPSA) is 40.5 Å². The molecular formula is C18H18FNO2. The van der Waals surface area contributed by atoms with Gasteiger partial charge in [-0.15, -0.1) is 0 Å². The summed E-state index contributed by atoms with van der Waals surface area (Å²) in [5.41, 5.74) is 2.98. The van der Waals surface area contributed by atoms with Crippen LogP contribution < -0.4 is 4.90 Å². The van der Waals surface area contributed by atoms with Gasteiger partial charge in [0.05, 0.1) is 11.8 Å². The summed E-state index contributed by atoms with van der Waals surface area (Å²) in [6, 6.07) is 11.1. The van der Waals surface area contributed by atoms with Crippen molar-refractivity contribution in [3.05, 3.63) is 65.0 Å². The second-order valence-electron chi connectivity index (χ2n) is 5.84. The van der Waals surface area contributed by atoms with Gasteiger partial charge in [-0.05, 0) is 50.6 Å². The molecule has 0 bridgehead atoms.